The van der Waals surface area contributed by atoms with Gasteiger partial charge in [-0.15, -0.1) is 0 Å². The van der Waals surface area contributed by atoms with E-state index in [1.165, 1.54) is 25.7 Å². The Morgan fingerprint density at radius 3 is 1.67 bits per heavy atom. The third-order valence-corrected chi connectivity index (χ3v) is 6.36. The summed E-state index contributed by atoms with van der Waals surface area (Å²) < 4.78 is 93.8. The van der Waals surface area contributed by atoms with Gasteiger partial charge in [0.1, 0.15) is 6.61 Å². The van der Waals surface area contributed by atoms with E-state index in [0.717, 1.165) is 18.8 Å². The van der Waals surface area contributed by atoms with Gasteiger partial charge in [-0.3, -0.25) is 0 Å². The van der Waals surface area contributed by atoms with Gasteiger partial charge in [0.15, 0.2) is 0 Å². The number of hydrogen-bond donors (Lipinski definition) is 0. The fraction of sp³-hybridized carbons (Fsp3) is 1.00. The lowest BCUT2D eigenvalue weighted by molar-refractivity contribution is -0.345. The first-order valence-electron chi connectivity index (χ1n) is 9.92. The van der Waals surface area contributed by atoms with Gasteiger partial charge in [0.2, 0.25) is 0 Å². The molecular formula is C19H29F7O. The molecule has 0 saturated heterocycles. The summed E-state index contributed by atoms with van der Waals surface area (Å²) in [6, 6.07) is 0. The smallest absolute Gasteiger partial charge is 0.314 e. The van der Waals surface area contributed by atoms with Crippen LogP contribution in [0.4, 0.5) is 30.7 Å². The minimum atomic E-state index is -5.89. The molecule has 1 nitrogen and oxygen atoms in total. The summed E-state index contributed by atoms with van der Waals surface area (Å²) in [4.78, 5) is 0. The molecule has 0 spiro atoms. The highest BCUT2D eigenvalue weighted by atomic mass is 19.4. The zero-order valence-corrected chi connectivity index (χ0v) is 15.6. The maximum atomic E-state index is 14.0. The number of hydrogen-bond acceptors (Lipinski definition) is 1. The number of alkyl halides is 7. The van der Waals surface area contributed by atoms with Gasteiger partial charge in [0.25, 0.3) is 0 Å². The Balaban J connectivity index is 1.79. The number of rotatable bonds is 7. The van der Waals surface area contributed by atoms with Crippen LogP contribution >= 0.6 is 0 Å². The van der Waals surface area contributed by atoms with Crippen molar-refractivity contribution >= 4 is 0 Å². The maximum Gasteiger partial charge on any atom is 0.455 e. The Hall–Kier alpha value is -0.530. The highest BCUT2D eigenvalue weighted by Crippen LogP contribution is 2.46. The van der Waals surface area contributed by atoms with Crippen molar-refractivity contribution in [2.45, 2.75) is 89.3 Å². The first kappa shape index (κ1) is 22.8. The van der Waals surface area contributed by atoms with Crippen molar-refractivity contribution in [3.05, 3.63) is 0 Å². The van der Waals surface area contributed by atoms with Gasteiger partial charge in [0.05, 0.1) is 5.92 Å². The van der Waals surface area contributed by atoms with Crippen LogP contribution in [0.3, 0.4) is 0 Å². The SMILES string of the molecule is CCCC1CCC(C2CCC(C(F)(F)OCC(F)(F)C(F)(F)F)CC2)CC1. The summed E-state index contributed by atoms with van der Waals surface area (Å²) in [6.45, 7) is -0.176. The van der Waals surface area contributed by atoms with Crippen LogP contribution < -0.4 is 0 Å². The van der Waals surface area contributed by atoms with Gasteiger partial charge < -0.3 is 4.74 Å². The van der Waals surface area contributed by atoms with Gasteiger partial charge in [-0.2, -0.15) is 30.7 Å². The van der Waals surface area contributed by atoms with Gasteiger partial charge in [-0.1, -0.05) is 32.6 Å². The molecule has 0 aromatic carbocycles. The van der Waals surface area contributed by atoms with Crippen LogP contribution in [0.2, 0.25) is 0 Å². The highest BCUT2D eigenvalue weighted by molar-refractivity contribution is 4.85. The lowest BCUT2D eigenvalue weighted by atomic mass is 9.68. The van der Waals surface area contributed by atoms with Crippen LogP contribution in [0.15, 0.2) is 0 Å². The molecular weight excluding hydrogens is 377 g/mol. The molecule has 2 fully saturated rings. The summed E-state index contributed by atoms with van der Waals surface area (Å²) in [5, 5.41) is 0. The molecule has 0 radical (unpaired) electrons. The molecule has 27 heavy (non-hydrogen) atoms. The fourth-order valence-corrected chi connectivity index (χ4v) is 4.67. The molecule has 0 N–H and O–H groups in total. The highest BCUT2D eigenvalue weighted by Gasteiger charge is 2.59. The van der Waals surface area contributed by atoms with E-state index in [1.54, 1.807) is 0 Å². The van der Waals surface area contributed by atoms with Crippen molar-refractivity contribution in [1.82, 2.24) is 0 Å². The molecule has 2 rings (SSSR count). The zero-order valence-electron chi connectivity index (χ0n) is 15.6. The fourth-order valence-electron chi connectivity index (χ4n) is 4.67. The predicted molar refractivity (Wildman–Crippen MR) is 87.7 cm³/mol. The summed E-state index contributed by atoms with van der Waals surface area (Å²) in [7, 11) is 0. The average molecular weight is 406 g/mol. The topological polar surface area (TPSA) is 9.23 Å². The molecule has 0 aromatic rings. The zero-order chi connectivity index (χ0) is 20.3. The van der Waals surface area contributed by atoms with E-state index < -0.39 is 30.7 Å². The average Bonchev–Trinajstić information content (AvgIpc) is 2.60. The Kier molecular flexibility index (Phi) is 7.47. The van der Waals surface area contributed by atoms with Gasteiger partial charge in [-0.05, 0) is 56.3 Å². The Bertz CT molecular complexity index is 447. The standard InChI is InChI=1S/C19H29F7O/c1-2-3-13-4-6-14(7-5-13)15-8-10-16(11-9-15)18(22,23)27-12-17(20,21)19(24,25)26/h13-16H,2-12H2,1H3. The van der Waals surface area contributed by atoms with E-state index in [9.17, 15) is 30.7 Å². The van der Waals surface area contributed by atoms with E-state index in [2.05, 4.69) is 11.7 Å². The Labute approximate surface area is 156 Å². The number of halogens is 7. The van der Waals surface area contributed by atoms with Crippen LogP contribution in [0, 0.1) is 23.7 Å². The first-order chi connectivity index (χ1) is 12.5. The molecule has 0 amide bonds. The van der Waals surface area contributed by atoms with Gasteiger partial charge in [-0.25, -0.2) is 0 Å². The summed E-state index contributed by atoms with van der Waals surface area (Å²) in [5.41, 5.74) is 0. The Morgan fingerprint density at radius 1 is 0.741 bits per heavy atom. The number of ether oxygens (including phenoxy) is 1. The van der Waals surface area contributed by atoms with E-state index in [1.807, 2.05) is 0 Å². The van der Waals surface area contributed by atoms with Crippen LogP contribution in [0.25, 0.3) is 0 Å². The minimum absolute atomic E-state index is 0.101. The molecule has 0 unspecified atom stereocenters. The quantitative estimate of drug-likeness (QED) is 0.406. The van der Waals surface area contributed by atoms with Crippen molar-refractivity contribution in [2.24, 2.45) is 23.7 Å². The third-order valence-electron chi connectivity index (χ3n) is 6.36. The maximum absolute atomic E-state index is 14.0. The van der Waals surface area contributed by atoms with Gasteiger partial charge in [0, 0.05) is 0 Å². The molecule has 0 aromatic heterocycles. The monoisotopic (exact) mass is 406 g/mol. The third kappa shape index (κ3) is 5.97. The second kappa shape index (κ2) is 8.87. The minimum Gasteiger partial charge on any atom is -0.314 e. The van der Waals surface area contributed by atoms with Crippen LogP contribution in [0.5, 0.6) is 0 Å². The molecule has 0 bridgehead atoms. The van der Waals surface area contributed by atoms with E-state index in [-0.39, 0.29) is 12.8 Å². The Morgan fingerprint density at radius 2 is 1.22 bits per heavy atom. The summed E-state index contributed by atoms with van der Waals surface area (Å²) in [5.74, 6) is -4.95. The molecule has 2 aliphatic carbocycles. The van der Waals surface area contributed by atoms with Gasteiger partial charge >= 0.3 is 18.2 Å². The molecule has 8 heteroatoms. The van der Waals surface area contributed by atoms with E-state index in [4.69, 9.17) is 0 Å². The van der Waals surface area contributed by atoms with Crippen molar-refractivity contribution < 1.29 is 35.5 Å². The summed E-state index contributed by atoms with van der Waals surface area (Å²) >= 11 is 0. The van der Waals surface area contributed by atoms with Crippen LogP contribution in [-0.4, -0.2) is 24.8 Å². The molecule has 2 saturated carbocycles. The van der Waals surface area contributed by atoms with Crippen molar-refractivity contribution in [3.8, 4) is 0 Å². The molecule has 160 valence electrons. The van der Waals surface area contributed by atoms with Crippen LogP contribution in [-0.2, 0) is 4.74 Å². The van der Waals surface area contributed by atoms with E-state index >= 15 is 0 Å². The normalized spacial score (nSPS) is 31.1. The molecule has 0 atom stereocenters. The second-order valence-corrected chi connectivity index (χ2v) is 8.23. The lowest BCUT2D eigenvalue weighted by Crippen LogP contribution is -2.45. The largest absolute Gasteiger partial charge is 0.455 e. The van der Waals surface area contributed by atoms with Crippen molar-refractivity contribution in [2.75, 3.05) is 6.61 Å². The van der Waals surface area contributed by atoms with Crippen molar-refractivity contribution in [1.29, 1.82) is 0 Å². The molecule has 2 aliphatic rings. The molecule has 0 aliphatic heterocycles. The van der Waals surface area contributed by atoms with Crippen LogP contribution in [0.1, 0.15) is 71.1 Å². The molecule has 0 heterocycles. The lowest BCUT2D eigenvalue weighted by Gasteiger charge is -2.39. The predicted octanol–water partition coefficient (Wildman–Crippen LogP) is 7.21. The summed E-state index contributed by atoms with van der Waals surface area (Å²) in [6.07, 6.45) is -1.59. The van der Waals surface area contributed by atoms with E-state index in [0.29, 0.717) is 24.7 Å². The van der Waals surface area contributed by atoms with Crippen molar-refractivity contribution in [3.63, 3.8) is 0 Å². The second-order valence-electron chi connectivity index (χ2n) is 8.23. The first-order valence-corrected chi connectivity index (χ1v) is 9.92.